The molecule has 0 unspecified atom stereocenters. The summed E-state index contributed by atoms with van der Waals surface area (Å²) < 4.78 is 14.4. The molecule has 0 aliphatic heterocycles. The number of hydrogen-bond acceptors (Lipinski definition) is 3. The molecule has 21 heavy (non-hydrogen) atoms. The first kappa shape index (κ1) is 15.4. The molecule has 2 aromatic rings. The lowest BCUT2D eigenvalue weighted by molar-refractivity contribution is 0.100. The summed E-state index contributed by atoms with van der Waals surface area (Å²) in [6, 6.07) is 9.59. The van der Waals surface area contributed by atoms with Crippen LogP contribution in [0.5, 0.6) is 0 Å². The lowest BCUT2D eigenvalue weighted by Crippen LogP contribution is -2.12. The largest absolute Gasteiger partial charge is 0.389 e. The molecule has 108 valence electrons. The molecule has 5 N–H and O–H groups in total. The summed E-state index contributed by atoms with van der Waals surface area (Å²) in [5, 5.41) is 2.88. The molecule has 1 amide bonds. The molecule has 7 heteroatoms. The molecule has 0 heterocycles. The molecule has 2 aromatic carbocycles. The lowest BCUT2D eigenvalue weighted by Gasteiger charge is -2.11. The van der Waals surface area contributed by atoms with Crippen LogP contribution in [0, 0.1) is 5.82 Å². The van der Waals surface area contributed by atoms with Gasteiger partial charge >= 0.3 is 0 Å². The van der Waals surface area contributed by atoms with E-state index < -0.39 is 11.7 Å². The number of nitrogens with two attached hydrogens (primary N) is 2. The fourth-order valence-electron chi connectivity index (χ4n) is 1.74. The van der Waals surface area contributed by atoms with Crippen LogP contribution in [0.3, 0.4) is 0 Å². The zero-order valence-corrected chi connectivity index (χ0v) is 13.1. The molecule has 4 nitrogen and oxygen atoms in total. The van der Waals surface area contributed by atoms with Gasteiger partial charge in [0.2, 0.25) is 5.91 Å². The van der Waals surface area contributed by atoms with Gasteiger partial charge in [-0.1, -0.05) is 18.3 Å². The van der Waals surface area contributed by atoms with E-state index in [1.165, 1.54) is 12.1 Å². The third-order valence-corrected chi connectivity index (χ3v) is 3.77. The van der Waals surface area contributed by atoms with Gasteiger partial charge < -0.3 is 16.8 Å². The van der Waals surface area contributed by atoms with Crippen LogP contribution in [0.25, 0.3) is 0 Å². The van der Waals surface area contributed by atoms with E-state index in [0.29, 0.717) is 16.8 Å². The Hall–Kier alpha value is -1.99. The van der Waals surface area contributed by atoms with Crippen LogP contribution in [-0.4, -0.2) is 10.9 Å². The van der Waals surface area contributed by atoms with Crippen LogP contribution < -0.4 is 16.8 Å². The SMILES string of the molecule is NC(=O)c1cccc(Nc2ccc(C(N)=S)c(Br)c2F)c1. The summed E-state index contributed by atoms with van der Waals surface area (Å²) in [6.45, 7) is 0. The fourth-order valence-corrected chi connectivity index (χ4v) is 2.60. The first-order valence-electron chi connectivity index (χ1n) is 5.85. The molecule has 0 spiro atoms. The van der Waals surface area contributed by atoms with Crippen LogP contribution in [0.2, 0.25) is 0 Å². The molecule has 0 atom stereocenters. The van der Waals surface area contributed by atoms with Crippen LogP contribution in [-0.2, 0) is 0 Å². The quantitative estimate of drug-likeness (QED) is 0.725. The third-order valence-electron chi connectivity index (χ3n) is 2.77. The average molecular weight is 368 g/mol. The number of carbonyl (C=O) groups excluding carboxylic acids is 1. The predicted octanol–water partition coefficient (Wildman–Crippen LogP) is 3.06. The maximum Gasteiger partial charge on any atom is 0.248 e. The predicted molar refractivity (Wildman–Crippen MR) is 88.2 cm³/mol. The number of halogens is 2. The monoisotopic (exact) mass is 367 g/mol. The number of anilines is 2. The summed E-state index contributed by atoms with van der Waals surface area (Å²) in [5.41, 5.74) is 12.2. The highest BCUT2D eigenvalue weighted by Gasteiger charge is 2.13. The van der Waals surface area contributed by atoms with Gasteiger partial charge in [-0.05, 0) is 46.3 Å². The number of thiocarbonyl (C=S) groups is 1. The summed E-state index contributed by atoms with van der Waals surface area (Å²) >= 11 is 7.96. The van der Waals surface area contributed by atoms with Crippen LogP contribution in [0.1, 0.15) is 15.9 Å². The summed E-state index contributed by atoms with van der Waals surface area (Å²) in [7, 11) is 0. The number of amides is 1. The Kier molecular flexibility index (Phi) is 4.54. The molecule has 0 fully saturated rings. The first-order chi connectivity index (χ1) is 9.90. The minimum absolute atomic E-state index is 0.100. The minimum Gasteiger partial charge on any atom is -0.389 e. The fraction of sp³-hybridized carbons (Fsp3) is 0. The summed E-state index contributed by atoms with van der Waals surface area (Å²) in [5.74, 6) is -1.08. The first-order valence-corrected chi connectivity index (χ1v) is 7.05. The van der Waals surface area contributed by atoms with Gasteiger partial charge in [-0.2, -0.15) is 0 Å². The maximum atomic E-state index is 14.3. The second kappa shape index (κ2) is 6.19. The van der Waals surface area contributed by atoms with Crippen LogP contribution in [0.4, 0.5) is 15.8 Å². The Bertz CT molecular complexity index is 736. The smallest absolute Gasteiger partial charge is 0.248 e. The molecule has 0 radical (unpaired) electrons. The van der Waals surface area contributed by atoms with Gasteiger partial charge in [0.25, 0.3) is 0 Å². The van der Waals surface area contributed by atoms with Crippen molar-refractivity contribution in [3.05, 3.63) is 57.8 Å². The van der Waals surface area contributed by atoms with Crippen LogP contribution in [0.15, 0.2) is 40.9 Å². The molecule has 0 aromatic heterocycles. The Morgan fingerprint density at radius 2 is 1.95 bits per heavy atom. The molecular weight excluding hydrogens is 357 g/mol. The lowest BCUT2D eigenvalue weighted by atomic mass is 10.1. The van der Waals surface area contributed by atoms with E-state index in [0.717, 1.165) is 0 Å². The van der Waals surface area contributed by atoms with Crippen molar-refractivity contribution in [3.8, 4) is 0 Å². The van der Waals surface area contributed by atoms with Gasteiger partial charge in [0.05, 0.1) is 10.2 Å². The molecule has 0 aliphatic rings. The van der Waals surface area contributed by atoms with Crippen molar-refractivity contribution < 1.29 is 9.18 Å². The number of rotatable bonds is 4. The van der Waals surface area contributed by atoms with E-state index in [1.54, 1.807) is 24.3 Å². The van der Waals surface area contributed by atoms with E-state index in [2.05, 4.69) is 21.2 Å². The van der Waals surface area contributed by atoms with Gasteiger partial charge in [-0.3, -0.25) is 4.79 Å². The molecule has 0 saturated carbocycles. The Labute approximate surface area is 134 Å². The molecular formula is C14H11BrFN3OS. The number of hydrogen-bond donors (Lipinski definition) is 3. The van der Waals surface area contributed by atoms with Crippen LogP contribution >= 0.6 is 28.1 Å². The van der Waals surface area contributed by atoms with Crippen molar-refractivity contribution in [2.45, 2.75) is 0 Å². The highest BCUT2D eigenvalue weighted by molar-refractivity contribution is 9.10. The normalized spacial score (nSPS) is 10.2. The van der Waals surface area contributed by atoms with E-state index in [1.807, 2.05) is 0 Å². The highest BCUT2D eigenvalue weighted by Crippen LogP contribution is 2.29. The third kappa shape index (κ3) is 3.37. The number of nitrogens with one attached hydrogen (secondary N) is 1. The highest BCUT2D eigenvalue weighted by atomic mass is 79.9. The second-order valence-electron chi connectivity index (χ2n) is 4.22. The van der Waals surface area contributed by atoms with Gasteiger partial charge in [0.1, 0.15) is 4.99 Å². The minimum atomic E-state index is -0.552. The van der Waals surface area contributed by atoms with Crippen molar-refractivity contribution in [2.24, 2.45) is 11.5 Å². The Morgan fingerprint density at radius 3 is 2.57 bits per heavy atom. The van der Waals surface area contributed by atoms with E-state index >= 15 is 0 Å². The van der Waals surface area contributed by atoms with Crippen molar-refractivity contribution in [1.29, 1.82) is 0 Å². The van der Waals surface area contributed by atoms with Crippen molar-refractivity contribution in [1.82, 2.24) is 0 Å². The summed E-state index contributed by atoms with van der Waals surface area (Å²) in [4.78, 5) is 11.2. The van der Waals surface area contributed by atoms with Crippen molar-refractivity contribution in [2.75, 3.05) is 5.32 Å². The molecule has 0 saturated heterocycles. The van der Waals surface area contributed by atoms with Gasteiger partial charge in [0.15, 0.2) is 5.82 Å². The van der Waals surface area contributed by atoms with E-state index in [9.17, 15) is 9.18 Å². The number of primary amides is 1. The average Bonchev–Trinajstić information content (AvgIpc) is 2.44. The standard InChI is InChI=1S/C14H11BrFN3OS/c15-11-9(14(18)21)4-5-10(12(11)16)19-8-3-1-2-7(6-8)13(17)20/h1-6,19H,(H2,17,20)(H2,18,21). The Balaban J connectivity index is 2.36. The molecule has 0 bridgehead atoms. The number of benzene rings is 2. The zero-order chi connectivity index (χ0) is 15.6. The Morgan fingerprint density at radius 1 is 1.24 bits per heavy atom. The van der Waals surface area contributed by atoms with Gasteiger partial charge in [-0.25, -0.2) is 4.39 Å². The number of carbonyl (C=O) groups is 1. The second-order valence-corrected chi connectivity index (χ2v) is 5.46. The van der Waals surface area contributed by atoms with Crippen molar-refractivity contribution in [3.63, 3.8) is 0 Å². The molecule has 0 aliphatic carbocycles. The van der Waals surface area contributed by atoms with E-state index in [-0.39, 0.29) is 15.1 Å². The zero-order valence-electron chi connectivity index (χ0n) is 10.7. The van der Waals surface area contributed by atoms with Gasteiger partial charge in [0, 0.05) is 16.8 Å². The topological polar surface area (TPSA) is 81.1 Å². The molecule has 2 rings (SSSR count). The van der Waals surface area contributed by atoms with Gasteiger partial charge in [-0.15, -0.1) is 0 Å². The summed E-state index contributed by atoms with van der Waals surface area (Å²) in [6.07, 6.45) is 0. The van der Waals surface area contributed by atoms with Crippen molar-refractivity contribution >= 4 is 50.4 Å². The maximum absolute atomic E-state index is 14.3. The van der Waals surface area contributed by atoms with E-state index in [4.69, 9.17) is 23.7 Å².